The Bertz CT molecular complexity index is 1110. The fourth-order valence-electron chi connectivity index (χ4n) is 3.08. The largest absolute Gasteiger partial charge is 0.460 e. The zero-order valence-corrected chi connectivity index (χ0v) is 21.5. The number of amides is 2. The molecule has 1 atom stereocenters. The maximum absolute atomic E-state index is 14.0. The summed E-state index contributed by atoms with van der Waals surface area (Å²) < 4.78 is 92.7. The van der Waals surface area contributed by atoms with E-state index >= 15 is 0 Å². The molecular weight excluding hydrogens is 616 g/mol. The summed E-state index contributed by atoms with van der Waals surface area (Å²) >= 11 is 3.39. The van der Waals surface area contributed by atoms with Crippen molar-refractivity contribution in [1.82, 2.24) is 5.32 Å². The fourth-order valence-corrected chi connectivity index (χ4v) is 4.41. The quantitative estimate of drug-likeness (QED) is 0.253. The summed E-state index contributed by atoms with van der Waals surface area (Å²) in [6, 6.07) is 5.93. The van der Waals surface area contributed by atoms with E-state index in [2.05, 4.69) is 10.6 Å². The first-order valence-electron chi connectivity index (χ1n) is 9.87. The van der Waals surface area contributed by atoms with Crippen LogP contribution in [0.5, 0.6) is 0 Å². The summed E-state index contributed by atoms with van der Waals surface area (Å²) in [6.07, 6.45) is -4.60. The Kier molecular flexibility index (Phi) is 9.12. The maximum atomic E-state index is 14.0. The predicted octanol–water partition coefficient (Wildman–Crippen LogP) is 6.62. The topological polar surface area (TPSA) is 58.2 Å². The van der Waals surface area contributed by atoms with Crippen LogP contribution in [-0.2, 0) is 5.92 Å². The summed E-state index contributed by atoms with van der Waals surface area (Å²) in [5.74, 6) is -12.5. The molecule has 2 aromatic carbocycles. The van der Waals surface area contributed by atoms with Crippen LogP contribution in [0.4, 0.5) is 36.4 Å². The van der Waals surface area contributed by atoms with Gasteiger partial charge in [0, 0.05) is 26.6 Å². The molecule has 1 unspecified atom stereocenters. The number of rotatable bonds is 8. The lowest BCUT2D eigenvalue weighted by atomic mass is 9.98. The second-order valence-corrected chi connectivity index (χ2v) is 9.70. The van der Waals surface area contributed by atoms with Crippen molar-refractivity contribution in [3.05, 3.63) is 62.2 Å². The fraction of sp³-hybridized carbons (Fsp3) is 0.364. The van der Waals surface area contributed by atoms with Gasteiger partial charge in [0.05, 0.1) is 11.1 Å². The smallest absolute Gasteiger partial charge is 0.349 e. The third-order valence-electron chi connectivity index (χ3n) is 4.87. The lowest BCUT2D eigenvalue weighted by Gasteiger charge is -2.28. The Morgan fingerprint density at radius 3 is 2.20 bits per heavy atom. The summed E-state index contributed by atoms with van der Waals surface area (Å²) in [6.45, 7) is 2.94. The van der Waals surface area contributed by atoms with Gasteiger partial charge in [0.1, 0.15) is 0 Å². The normalized spacial score (nSPS) is 13.3. The standard InChI is InChI=1S/C22H20F7IN2O2S/c1-11-9-13(20(23,24)21(25,26)22(27,28)29)7-8-16(11)32-18(33)14-5-4-6-15(30)17(14)19(34)31-12(2)10-35-3/h4-9,12H,10H2,1-3H3,(H,31,34)(H,32,33). The number of alkyl halides is 7. The minimum Gasteiger partial charge on any atom is -0.349 e. The highest BCUT2D eigenvalue weighted by Gasteiger charge is 2.73. The average molecular weight is 636 g/mol. The molecule has 2 amide bonds. The zero-order chi connectivity index (χ0) is 26.8. The second kappa shape index (κ2) is 10.9. The Balaban J connectivity index is 2.36. The molecule has 192 valence electrons. The number of hydrogen-bond donors (Lipinski definition) is 2. The van der Waals surface area contributed by atoms with Crippen LogP contribution in [0.2, 0.25) is 0 Å². The zero-order valence-electron chi connectivity index (χ0n) is 18.5. The molecule has 0 spiro atoms. The number of carbonyl (C=O) groups is 2. The van der Waals surface area contributed by atoms with E-state index in [1.807, 2.05) is 28.8 Å². The van der Waals surface area contributed by atoms with Gasteiger partial charge in [0.15, 0.2) is 0 Å². The van der Waals surface area contributed by atoms with Gasteiger partial charge in [-0.2, -0.15) is 42.5 Å². The molecule has 2 aromatic rings. The Morgan fingerprint density at radius 1 is 1.03 bits per heavy atom. The molecular formula is C22H20F7IN2O2S. The van der Waals surface area contributed by atoms with Gasteiger partial charge in [-0.25, -0.2) is 0 Å². The molecule has 0 radical (unpaired) electrons. The minimum absolute atomic E-state index is 0.0387. The van der Waals surface area contributed by atoms with E-state index in [1.54, 1.807) is 13.0 Å². The van der Waals surface area contributed by atoms with Crippen molar-refractivity contribution >= 4 is 51.9 Å². The number of hydrogen-bond acceptors (Lipinski definition) is 3. The molecule has 0 bridgehead atoms. The minimum atomic E-state index is -6.47. The van der Waals surface area contributed by atoms with Crippen molar-refractivity contribution in [1.29, 1.82) is 0 Å². The molecule has 0 aromatic heterocycles. The van der Waals surface area contributed by atoms with E-state index < -0.39 is 35.4 Å². The molecule has 0 saturated carbocycles. The lowest BCUT2D eigenvalue weighted by Crippen LogP contribution is -2.50. The molecule has 0 saturated heterocycles. The molecule has 2 N–H and O–H groups in total. The summed E-state index contributed by atoms with van der Waals surface area (Å²) in [5, 5.41) is 5.16. The number of thioether (sulfide) groups is 1. The molecule has 0 aliphatic heterocycles. The van der Waals surface area contributed by atoms with E-state index in [0.717, 1.165) is 13.0 Å². The summed E-state index contributed by atoms with van der Waals surface area (Å²) in [7, 11) is 0. The van der Waals surface area contributed by atoms with Crippen LogP contribution in [0.15, 0.2) is 36.4 Å². The van der Waals surface area contributed by atoms with Gasteiger partial charge in [-0.3, -0.25) is 9.59 Å². The number of nitrogens with one attached hydrogen (secondary N) is 2. The van der Waals surface area contributed by atoms with E-state index in [-0.39, 0.29) is 28.4 Å². The monoisotopic (exact) mass is 636 g/mol. The van der Waals surface area contributed by atoms with Crippen LogP contribution in [0.3, 0.4) is 0 Å². The lowest BCUT2D eigenvalue weighted by molar-refractivity contribution is -0.359. The van der Waals surface area contributed by atoms with Crippen LogP contribution in [0.1, 0.15) is 38.8 Å². The summed E-state index contributed by atoms with van der Waals surface area (Å²) in [5.41, 5.74) is -1.82. The highest BCUT2D eigenvalue weighted by molar-refractivity contribution is 14.1. The molecule has 0 aliphatic rings. The number of anilines is 1. The molecule has 0 heterocycles. The van der Waals surface area contributed by atoms with Gasteiger partial charge in [0.2, 0.25) is 0 Å². The van der Waals surface area contributed by atoms with Crippen molar-refractivity contribution in [3.8, 4) is 0 Å². The first-order valence-corrected chi connectivity index (χ1v) is 12.3. The number of halogens is 8. The Labute approximate surface area is 214 Å². The first-order chi connectivity index (χ1) is 16.0. The van der Waals surface area contributed by atoms with Crippen LogP contribution >= 0.6 is 34.4 Å². The third-order valence-corrected chi connectivity index (χ3v) is 6.60. The van der Waals surface area contributed by atoms with Crippen molar-refractivity contribution in [2.75, 3.05) is 17.3 Å². The molecule has 0 aliphatic carbocycles. The molecule has 4 nitrogen and oxygen atoms in total. The molecule has 13 heteroatoms. The average Bonchev–Trinajstić information content (AvgIpc) is 2.73. The van der Waals surface area contributed by atoms with Gasteiger partial charge in [0.25, 0.3) is 11.8 Å². The van der Waals surface area contributed by atoms with Crippen LogP contribution in [0.25, 0.3) is 0 Å². The van der Waals surface area contributed by atoms with Crippen molar-refractivity contribution in [3.63, 3.8) is 0 Å². The van der Waals surface area contributed by atoms with Gasteiger partial charge in [-0.05, 0) is 72.5 Å². The van der Waals surface area contributed by atoms with Crippen LogP contribution in [-0.4, -0.2) is 42.0 Å². The van der Waals surface area contributed by atoms with Gasteiger partial charge in [-0.15, -0.1) is 0 Å². The molecule has 2 rings (SSSR count). The Morgan fingerprint density at radius 2 is 1.66 bits per heavy atom. The van der Waals surface area contributed by atoms with E-state index in [1.165, 1.54) is 23.9 Å². The maximum Gasteiger partial charge on any atom is 0.460 e. The van der Waals surface area contributed by atoms with E-state index in [9.17, 15) is 40.3 Å². The van der Waals surface area contributed by atoms with Crippen molar-refractivity contribution in [2.24, 2.45) is 0 Å². The van der Waals surface area contributed by atoms with Gasteiger partial charge >= 0.3 is 18.0 Å². The van der Waals surface area contributed by atoms with Crippen molar-refractivity contribution in [2.45, 2.75) is 37.9 Å². The first kappa shape index (κ1) is 29.2. The number of benzene rings is 2. The van der Waals surface area contributed by atoms with E-state index in [4.69, 9.17) is 0 Å². The molecule has 0 fully saturated rings. The van der Waals surface area contributed by atoms with Crippen LogP contribution in [0, 0.1) is 10.5 Å². The third kappa shape index (κ3) is 6.22. The highest BCUT2D eigenvalue weighted by Crippen LogP contribution is 2.52. The molecule has 35 heavy (non-hydrogen) atoms. The second-order valence-electron chi connectivity index (χ2n) is 7.62. The highest BCUT2D eigenvalue weighted by atomic mass is 127. The van der Waals surface area contributed by atoms with Gasteiger partial charge < -0.3 is 10.6 Å². The van der Waals surface area contributed by atoms with Crippen molar-refractivity contribution < 1.29 is 40.3 Å². The number of carbonyl (C=O) groups excluding carboxylic acids is 2. The van der Waals surface area contributed by atoms with E-state index in [0.29, 0.717) is 21.5 Å². The number of aryl methyl sites for hydroxylation is 1. The SMILES string of the molecule is CSCC(C)NC(=O)c1c(I)cccc1C(=O)Nc1ccc(C(F)(F)C(F)(F)C(F)(F)F)cc1C. The summed E-state index contributed by atoms with van der Waals surface area (Å²) in [4.78, 5) is 25.7. The van der Waals surface area contributed by atoms with Crippen LogP contribution < -0.4 is 10.6 Å². The van der Waals surface area contributed by atoms with Gasteiger partial charge in [-0.1, -0.05) is 12.1 Å². The Hall–Kier alpha value is -2.03. The predicted molar refractivity (Wildman–Crippen MR) is 128 cm³/mol.